The van der Waals surface area contributed by atoms with Crippen LogP contribution in [0.4, 0.5) is 10.1 Å². The summed E-state index contributed by atoms with van der Waals surface area (Å²) in [5.41, 5.74) is 0.818. The molecule has 0 saturated heterocycles. The maximum absolute atomic E-state index is 13.1. The van der Waals surface area contributed by atoms with Gasteiger partial charge in [0.1, 0.15) is 5.82 Å². The number of nitrogens with one attached hydrogen (secondary N) is 1. The number of halogens is 2. The van der Waals surface area contributed by atoms with Gasteiger partial charge in [0.05, 0.1) is 10.7 Å². The van der Waals surface area contributed by atoms with Gasteiger partial charge >= 0.3 is 0 Å². The summed E-state index contributed by atoms with van der Waals surface area (Å²) in [6.45, 7) is 1.91. The third-order valence-electron chi connectivity index (χ3n) is 3.23. The van der Waals surface area contributed by atoms with Crippen molar-refractivity contribution in [3.05, 3.63) is 64.9 Å². The summed E-state index contributed by atoms with van der Waals surface area (Å²) in [5.74, 6) is -1.05. The number of benzene rings is 2. The van der Waals surface area contributed by atoms with Crippen molar-refractivity contribution < 1.29 is 14.0 Å². The van der Waals surface area contributed by atoms with Crippen LogP contribution in [0.1, 0.15) is 17.3 Å². The molecule has 0 aliphatic heterocycles. The Labute approximate surface area is 138 Å². The van der Waals surface area contributed by atoms with E-state index in [1.54, 1.807) is 24.3 Å². The highest BCUT2D eigenvalue weighted by Gasteiger charge is 2.14. The Bertz CT molecular complexity index is 721. The smallest absolute Gasteiger partial charge is 0.251 e. The highest BCUT2D eigenvalue weighted by Crippen LogP contribution is 2.24. The first-order valence-electron chi connectivity index (χ1n) is 7.05. The van der Waals surface area contributed by atoms with Gasteiger partial charge in [-0.15, -0.1) is 0 Å². The number of nitrogens with zero attached hydrogens (tertiary/aromatic N) is 1. The van der Waals surface area contributed by atoms with Gasteiger partial charge in [-0.3, -0.25) is 9.59 Å². The van der Waals surface area contributed by atoms with Crippen LogP contribution in [0, 0.1) is 5.82 Å². The lowest BCUT2D eigenvalue weighted by atomic mass is 10.2. The second kappa shape index (κ2) is 7.74. The van der Waals surface area contributed by atoms with E-state index in [2.05, 4.69) is 5.32 Å². The van der Waals surface area contributed by atoms with Crippen LogP contribution >= 0.6 is 11.6 Å². The molecular weight excluding hydrogens is 319 g/mol. The summed E-state index contributed by atoms with van der Waals surface area (Å²) in [6, 6.07) is 12.4. The van der Waals surface area contributed by atoms with Crippen LogP contribution in [-0.4, -0.2) is 24.9 Å². The maximum Gasteiger partial charge on any atom is 0.251 e. The molecule has 0 spiro atoms. The Morgan fingerprint density at radius 2 is 1.91 bits per heavy atom. The Hall–Kier alpha value is -2.40. The molecule has 0 aliphatic carbocycles. The van der Waals surface area contributed by atoms with Gasteiger partial charge in [0.15, 0.2) is 0 Å². The van der Waals surface area contributed by atoms with Crippen LogP contribution in [0.5, 0.6) is 0 Å². The number of carbonyl (C=O) groups is 2. The fraction of sp³-hybridized carbons (Fsp3) is 0.176. The molecule has 2 aromatic carbocycles. The molecule has 0 fully saturated rings. The average molecular weight is 335 g/mol. The Balaban J connectivity index is 1.99. The Morgan fingerprint density at radius 3 is 2.57 bits per heavy atom. The summed E-state index contributed by atoms with van der Waals surface area (Å²) in [4.78, 5) is 25.2. The molecule has 120 valence electrons. The SMILES string of the molecule is CC(=O)N(CCNC(=O)c1cccc(F)c1)c1ccccc1Cl. The van der Waals surface area contributed by atoms with E-state index in [0.717, 1.165) is 6.07 Å². The van der Waals surface area contributed by atoms with Crippen LogP contribution in [-0.2, 0) is 4.79 Å². The quantitative estimate of drug-likeness (QED) is 0.912. The van der Waals surface area contributed by atoms with Gasteiger partial charge in [0.2, 0.25) is 5.91 Å². The molecule has 6 heteroatoms. The minimum Gasteiger partial charge on any atom is -0.350 e. The van der Waals surface area contributed by atoms with E-state index in [1.807, 2.05) is 0 Å². The fourth-order valence-electron chi connectivity index (χ4n) is 2.13. The minimum atomic E-state index is -0.473. The van der Waals surface area contributed by atoms with Gasteiger partial charge in [0, 0.05) is 25.6 Å². The van der Waals surface area contributed by atoms with Crippen molar-refractivity contribution in [3.63, 3.8) is 0 Å². The minimum absolute atomic E-state index is 0.182. The molecule has 1 N–H and O–H groups in total. The topological polar surface area (TPSA) is 49.4 Å². The van der Waals surface area contributed by atoms with Crippen molar-refractivity contribution in [1.82, 2.24) is 5.32 Å². The first kappa shape index (κ1) is 17.0. The van der Waals surface area contributed by atoms with Gasteiger partial charge < -0.3 is 10.2 Å². The summed E-state index contributed by atoms with van der Waals surface area (Å²) < 4.78 is 13.1. The second-order valence-corrected chi connectivity index (χ2v) is 5.30. The highest BCUT2D eigenvalue weighted by atomic mass is 35.5. The summed E-state index contributed by atoms with van der Waals surface area (Å²) in [7, 11) is 0. The molecule has 0 radical (unpaired) electrons. The Kier molecular flexibility index (Phi) is 5.71. The van der Waals surface area contributed by atoms with E-state index in [9.17, 15) is 14.0 Å². The molecule has 0 bridgehead atoms. The van der Waals surface area contributed by atoms with E-state index >= 15 is 0 Å². The zero-order valence-corrected chi connectivity index (χ0v) is 13.3. The molecule has 2 aromatic rings. The van der Waals surface area contributed by atoms with Gasteiger partial charge in [0.25, 0.3) is 5.91 Å². The number of carbonyl (C=O) groups excluding carboxylic acids is 2. The number of hydrogen-bond donors (Lipinski definition) is 1. The molecular formula is C17H16ClFN2O2. The maximum atomic E-state index is 13.1. The fourth-order valence-corrected chi connectivity index (χ4v) is 2.37. The molecule has 0 unspecified atom stereocenters. The zero-order chi connectivity index (χ0) is 16.8. The second-order valence-electron chi connectivity index (χ2n) is 4.89. The van der Waals surface area contributed by atoms with Crippen LogP contribution in [0.15, 0.2) is 48.5 Å². The molecule has 0 saturated carbocycles. The van der Waals surface area contributed by atoms with Crippen molar-refractivity contribution in [2.24, 2.45) is 0 Å². The van der Waals surface area contributed by atoms with Crippen molar-refractivity contribution in [2.45, 2.75) is 6.92 Å². The molecule has 2 amide bonds. The summed E-state index contributed by atoms with van der Waals surface area (Å²) in [6.07, 6.45) is 0. The van der Waals surface area contributed by atoms with Crippen molar-refractivity contribution in [1.29, 1.82) is 0 Å². The Morgan fingerprint density at radius 1 is 1.17 bits per heavy atom. The van der Waals surface area contributed by atoms with Crippen molar-refractivity contribution in [2.75, 3.05) is 18.0 Å². The van der Waals surface area contributed by atoms with E-state index in [1.165, 1.54) is 30.0 Å². The molecule has 4 nitrogen and oxygen atoms in total. The van der Waals surface area contributed by atoms with E-state index < -0.39 is 11.7 Å². The monoisotopic (exact) mass is 334 g/mol. The summed E-state index contributed by atoms with van der Waals surface area (Å²) in [5, 5.41) is 3.12. The van der Waals surface area contributed by atoms with Crippen LogP contribution in [0.3, 0.4) is 0 Å². The van der Waals surface area contributed by atoms with Crippen LogP contribution < -0.4 is 10.2 Å². The molecule has 0 aliphatic rings. The normalized spacial score (nSPS) is 10.2. The number of hydrogen-bond acceptors (Lipinski definition) is 2. The molecule has 23 heavy (non-hydrogen) atoms. The lowest BCUT2D eigenvalue weighted by Gasteiger charge is -2.22. The molecule has 0 atom stereocenters. The third-order valence-corrected chi connectivity index (χ3v) is 3.55. The first-order valence-corrected chi connectivity index (χ1v) is 7.43. The van der Waals surface area contributed by atoms with Crippen molar-refractivity contribution >= 4 is 29.1 Å². The molecule has 2 rings (SSSR count). The highest BCUT2D eigenvalue weighted by molar-refractivity contribution is 6.33. The zero-order valence-electron chi connectivity index (χ0n) is 12.6. The van der Waals surface area contributed by atoms with Crippen LogP contribution in [0.25, 0.3) is 0 Å². The lowest BCUT2D eigenvalue weighted by molar-refractivity contribution is -0.116. The lowest BCUT2D eigenvalue weighted by Crippen LogP contribution is -2.37. The van der Waals surface area contributed by atoms with Gasteiger partial charge in [-0.1, -0.05) is 29.8 Å². The van der Waals surface area contributed by atoms with Gasteiger partial charge in [-0.05, 0) is 30.3 Å². The predicted octanol–water partition coefficient (Wildman–Crippen LogP) is 3.26. The average Bonchev–Trinajstić information content (AvgIpc) is 2.52. The number of anilines is 1. The number of para-hydroxylation sites is 1. The predicted molar refractivity (Wildman–Crippen MR) is 88.2 cm³/mol. The first-order chi connectivity index (χ1) is 11.0. The number of rotatable bonds is 5. The number of amides is 2. The standard InChI is InChI=1S/C17H16ClFN2O2/c1-12(22)21(16-8-3-2-7-15(16)18)10-9-20-17(23)13-5-4-6-14(19)11-13/h2-8,11H,9-10H2,1H3,(H,20,23). The van der Waals surface area contributed by atoms with Gasteiger partial charge in [-0.25, -0.2) is 4.39 Å². The molecule has 0 aromatic heterocycles. The molecule has 0 heterocycles. The third kappa shape index (κ3) is 4.53. The summed E-state index contributed by atoms with van der Waals surface area (Å²) >= 11 is 6.09. The van der Waals surface area contributed by atoms with E-state index in [4.69, 9.17) is 11.6 Å². The van der Waals surface area contributed by atoms with Crippen molar-refractivity contribution in [3.8, 4) is 0 Å². The van der Waals surface area contributed by atoms with Gasteiger partial charge in [-0.2, -0.15) is 0 Å². The largest absolute Gasteiger partial charge is 0.350 e. The van der Waals surface area contributed by atoms with E-state index in [-0.39, 0.29) is 24.6 Å². The van der Waals surface area contributed by atoms with E-state index in [0.29, 0.717) is 10.7 Å². The van der Waals surface area contributed by atoms with Crippen LogP contribution in [0.2, 0.25) is 5.02 Å².